The first-order chi connectivity index (χ1) is 12.2. The molecule has 1 aliphatic carbocycles. The molecule has 130 valence electrons. The van der Waals surface area contributed by atoms with E-state index in [1.807, 2.05) is 41.4 Å². The third-order valence-electron chi connectivity index (χ3n) is 4.95. The lowest BCUT2D eigenvalue weighted by atomic mass is 9.96. The summed E-state index contributed by atoms with van der Waals surface area (Å²) in [6.07, 6.45) is 6.94. The highest BCUT2D eigenvalue weighted by Crippen LogP contribution is 2.31. The van der Waals surface area contributed by atoms with Crippen LogP contribution in [-0.4, -0.2) is 39.1 Å². The minimum absolute atomic E-state index is 0.0441. The van der Waals surface area contributed by atoms with Crippen molar-refractivity contribution >= 4 is 11.8 Å². The number of hydrogen-bond acceptors (Lipinski definition) is 3. The van der Waals surface area contributed by atoms with Crippen molar-refractivity contribution in [2.45, 2.75) is 38.3 Å². The summed E-state index contributed by atoms with van der Waals surface area (Å²) in [4.78, 5) is 26.4. The largest absolute Gasteiger partial charge is 0.352 e. The lowest BCUT2D eigenvalue weighted by molar-refractivity contribution is -0.138. The quantitative estimate of drug-likeness (QED) is 0.905. The number of likely N-dealkylation sites (tertiary alicyclic amines) is 1. The Balaban J connectivity index is 1.36. The van der Waals surface area contributed by atoms with Gasteiger partial charge in [0, 0.05) is 37.9 Å². The first kappa shape index (κ1) is 15.9. The van der Waals surface area contributed by atoms with Crippen molar-refractivity contribution in [3.05, 3.63) is 48.3 Å². The third kappa shape index (κ3) is 3.57. The number of rotatable bonds is 5. The highest BCUT2D eigenvalue weighted by Gasteiger charge is 2.38. The number of aromatic nitrogens is 2. The molecule has 1 unspecified atom stereocenters. The molecular weight excluding hydrogens is 316 g/mol. The monoisotopic (exact) mass is 338 g/mol. The molecule has 2 heterocycles. The maximum absolute atomic E-state index is 12.5. The lowest BCUT2D eigenvalue weighted by Crippen LogP contribution is -2.46. The molecule has 1 aromatic carbocycles. The maximum Gasteiger partial charge on any atom is 0.225 e. The Labute approximate surface area is 146 Å². The van der Waals surface area contributed by atoms with E-state index in [0.717, 1.165) is 24.1 Å². The van der Waals surface area contributed by atoms with Crippen molar-refractivity contribution in [2.75, 3.05) is 6.54 Å². The van der Waals surface area contributed by atoms with Gasteiger partial charge in [-0.25, -0.2) is 4.68 Å². The molecule has 2 fully saturated rings. The average Bonchev–Trinajstić information content (AvgIpc) is 3.33. The molecule has 0 bridgehead atoms. The summed E-state index contributed by atoms with van der Waals surface area (Å²) in [5.41, 5.74) is 2.01. The van der Waals surface area contributed by atoms with E-state index in [2.05, 4.69) is 10.4 Å². The van der Waals surface area contributed by atoms with Crippen LogP contribution >= 0.6 is 0 Å². The van der Waals surface area contributed by atoms with E-state index in [-0.39, 0.29) is 17.7 Å². The normalized spacial score (nSPS) is 20.6. The maximum atomic E-state index is 12.5. The van der Waals surface area contributed by atoms with E-state index in [9.17, 15) is 9.59 Å². The van der Waals surface area contributed by atoms with Crippen molar-refractivity contribution in [3.8, 4) is 5.69 Å². The Morgan fingerprint density at radius 1 is 1.24 bits per heavy atom. The van der Waals surface area contributed by atoms with E-state index in [1.54, 1.807) is 10.9 Å². The molecule has 0 spiro atoms. The Morgan fingerprint density at radius 3 is 2.88 bits per heavy atom. The van der Waals surface area contributed by atoms with E-state index in [4.69, 9.17) is 0 Å². The second kappa shape index (κ2) is 6.70. The van der Waals surface area contributed by atoms with Gasteiger partial charge in [-0.05, 0) is 43.0 Å². The number of nitrogens with one attached hydrogen (secondary N) is 1. The zero-order valence-corrected chi connectivity index (χ0v) is 14.1. The predicted molar refractivity (Wildman–Crippen MR) is 92.9 cm³/mol. The Morgan fingerprint density at radius 2 is 2.12 bits per heavy atom. The fourth-order valence-corrected chi connectivity index (χ4v) is 3.39. The predicted octanol–water partition coefficient (Wildman–Crippen LogP) is 1.89. The van der Waals surface area contributed by atoms with Gasteiger partial charge in [0.25, 0.3) is 0 Å². The number of carbonyl (C=O) groups is 2. The Kier molecular flexibility index (Phi) is 4.26. The molecule has 1 saturated heterocycles. The molecule has 6 nitrogen and oxygen atoms in total. The van der Waals surface area contributed by atoms with Gasteiger partial charge in [0.1, 0.15) is 0 Å². The number of piperidine rings is 1. The minimum atomic E-state index is -0.0902. The number of benzene rings is 1. The van der Waals surface area contributed by atoms with E-state index < -0.39 is 0 Å². The van der Waals surface area contributed by atoms with Gasteiger partial charge in [-0.15, -0.1) is 0 Å². The van der Waals surface area contributed by atoms with Gasteiger partial charge in [-0.3, -0.25) is 9.59 Å². The van der Waals surface area contributed by atoms with E-state index >= 15 is 0 Å². The van der Waals surface area contributed by atoms with Crippen LogP contribution in [0.5, 0.6) is 0 Å². The van der Waals surface area contributed by atoms with Gasteiger partial charge >= 0.3 is 0 Å². The SMILES string of the molecule is O=C(NCc1cccc(-n2cccn2)c1)C1CCC(=O)N(C2CC2)C1. The van der Waals surface area contributed by atoms with Crippen molar-refractivity contribution in [3.63, 3.8) is 0 Å². The topological polar surface area (TPSA) is 67.2 Å². The molecule has 2 aliphatic rings. The molecule has 25 heavy (non-hydrogen) atoms. The summed E-state index contributed by atoms with van der Waals surface area (Å²) in [6.45, 7) is 1.06. The van der Waals surface area contributed by atoms with Crippen molar-refractivity contribution < 1.29 is 9.59 Å². The van der Waals surface area contributed by atoms with Crippen molar-refractivity contribution in [1.29, 1.82) is 0 Å². The fraction of sp³-hybridized carbons (Fsp3) is 0.421. The van der Waals surface area contributed by atoms with Crippen LogP contribution in [0.1, 0.15) is 31.2 Å². The zero-order chi connectivity index (χ0) is 17.2. The smallest absolute Gasteiger partial charge is 0.225 e. The molecular formula is C19H22N4O2. The van der Waals surface area contributed by atoms with Gasteiger partial charge < -0.3 is 10.2 Å². The van der Waals surface area contributed by atoms with Crippen LogP contribution in [0.25, 0.3) is 5.69 Å². The molecule has 1 aromatic heterocycles. The van der Waals surface area contributed by atoms with Crippen molar-refractivity contribution in [2.24, 2.45) is 5.92 Å². The molecule has 2 aromatic rings. The molecule has 1 saturated carbocycles. The summed E-state index contributed by atoms with van der Waals surface area (Å²) >= 11 is 0. The first-order valence-electron chi connectivity index (χ1n) is 8.87. The number of nitrogens with zero attached hydrogens (tertiary/aromatic N) is 3. The summed E-state index contributed by atoms with van der Waals surface area (Å²) in [7, 11) is 0. The van der Waals surface area contributed by atoms with Crippen LogP contribution in [0.15, 0.2) is 42.7 Å². The van der Waals surface area contributed by atoms with Crippen LogP contribution < -0.4 is 5.32 Å². The lowest BCUT2D eigenvalue weighted by Gasteiger charge is -2.32. The van der Waals surface area contributed by atoms with Crippen LogP contribution in [0.2, 0.25) is 0 Å². The second-order valence-corrected chi connectivity index (χ2v) is 6.85. The molecule has 2 amide bonds. The Hall–Kier alpha value is -2.63. The third-order valence-corrected chi connectivity index (χ3v) is 4.95. The van der Waals surface area contributed by atoms with Gasteiger partial charge in [0.05, 0.1) is 11.6 Å². The van der Waals surface area contributed by atoms with Gasteiger partial charge in [-0.1, -0.05) is 12.1 Å². The average molecular weight is 338 g/mol. The summed E-state index contributed by atoms with van der Waals surface area (Å²) in [5.74, 6) is 0.161. The molecule has 0 radical (unpaired) electrons. The van der Waals surface area contributed by atoms with Crippen LogP contribution in [-0.2, 0) is 16.1 Å². The molecule has 1 atom stereocenters. The first-order valence-corrected chi connectivity index (χ1v) is 8.87. The van der Waals surface area contributed by atoms with E-state index in [0.29, 0.717) is 32.0 Å². The van der Waals surface area contributed by atoms with Crippen molar-refractivity contribution in [1.82, 2.24) is 20.0 Å². The highest BCUT2D eigenvalue weighted by atomic mass is 16.2. The number of carbonyl (C=O) groups excluding carboxylic acids is 2. The number of hydrogen-bond donors (Lipinski definition) is 1. The Bertz CT molecular complexity index is 767. The van der Waals surface area contributed by atoms with Crippen LogP contribution in [0, 0.1) is 5.92 Å². The van der Waals surface area contributed by atoms with E-state index in [1.165, 1.54) is 0 Å². The van der Waals surface area contributed by atoms with Gasteiger partial charge in [-0.2, -0.15) is 5.10 Å². The van der Waals surface area contributed by atoms with Crippen LogP contribution in [0.4, 0.5) is 0 Å². The number of amides is 2. The standard InChI is InChI=1S/C19H22N4O2/c24-18-8-5-15(13-22(18)16-6-7-16)19(25)20-12-14-3-1-4-17(11-14)23-10-2-9-21-23/h1-4,9-11,15-16H,5-8,12-13H2,(H,20,25). The van der Waals surface area contributed by atoms with Gasteiger partial charge in [0.15, 0.2) is 0 Å². The molecule has 1 aliphatic heterocycles. The minimum Gasteiger partial charge on any atom is -0.352 e. The summed E-state index contributed by atoms with van der Waals surface area (Å²) in [5, 5.41) is 7.26. The molecule has 4 rings (SSSR count). The summed E-state index contributed by atoms with van der Waals surface area (Å²) in [6, 6.07) is 10.2. The second-order valence-electron chi connectivity index (χ2n) is 6.85. The van der Waals surface area contributed by atoms with Gasteiger partial charge in [0.2, 0.25) is 11.8 Å². The zero-order valence-electron chi connectivity index (χ0n) is 14.1. The molecule has 6 heteroatoms. The summed E-state index contributed by atoms with van der Waals surface area (Å²) < 4.78 is 1.80. The highest BCUT2D eigenvalue weighted by molar-refractivity contribution is 5.84. The fourth-order valence-electron chi connectivity index (χ4n) is 3.39. The van der Waals surface area contributed by atoms with Crippen LogP contribution in [0.3, 0.4) is 0 Å². The molecule has 1 N–H and O–H groups in total.